The fourth-order valence-corrected chi connectivity index (χ4v) is 3.95. The van der Waals surface area contributed by atoms with Crippen LogP contribution in [0.1, 0.15) is 5.56 Å². The average molecular weight is 432 g/mol. The molecule has 4 aromatic rings. The number of carbonyl (C=O) groups is 1. The van der Waals surface area contributed by atoms with Crippen molar-refractivity contribution in [3.8, 4) is 33.3 Å². The minimum Gasteiger partial charge on any atom is -0.497 e. The quantitative estimate of drug-likeness (QED) is 0.442. The van der Waals surface area contributed by atoms with Crippen molar-refractivity contribution in [2.45, 2.75) is 6.42 Å². The minimum absolute atomic E-state index is 0.132. The highest BCUT2D eigenvalue weighted by Crippen LogP contribution is 2.30. The number of benzene rings is 2. The van der Waals surface area contributed by atoms with Crippen LogP contribution in [0.4, 0.5) is 5.69 Å². The van der Waals surface area contributed by atoms with E-state index in [0.29, 0.717) is 17.2 Å². The highest BCUT2D eigenvalue weighted by Gasteiger charge is 2.11. The number of pyridine rings is 1. The Bertz CT molecular complexity index is 1170. The third kappa shape index (κ3) is 4.90. The Morgan fingerprint density at radius 1 is 0.968 bits per heavy atom. The molecule has 0 atom stereocenters. The van der Waals surface area contributed by atoms with Gasteiger partial charge in [0.1, 0.15) is 16.5 Å². The number of rotatable bonds is 7. The fourth-order valence-electron chi connectivity index (χ4n) is 3.12. The maximum atomic E-state index is 12.5. The van der Waals surface area contributed by atoms with Crippen LogP contribution in [0.5, 0.6) is 11.5 Å². The zero-order valence-electron chi connectivity index (χ0n) is 17.2. The number of amides is 1. The summed E-state index contributed by atoms with van der Waals surface area (Å²) < 4.78 is 10.5. The van der Waals surface area contributed by atoms with Gasteiger partial charge in [-0.15, -0.1) is 11.3 Å². The van der Waals surface area contributed by atoms with Gasteiger partial charge >= 0.3 is 0 Å². The number of ether oxygens (including phenoxy) is 2. The Kier molecular flexibility index (Phi) is 6.24. The van der Waals surface area contributed by atoms with E-state index in [1.54, 1.807) is 56.1 Å². The van der Waals surface area contributed by atoms with Crippen molar-refractivity contribution in [1.29, 1.82) is 0 Å². The predicted molar refractivity (Wildman–Crippen MR) is 123 cm³/mol. The molecule has 1 N–H and O–H groups in total. The van der Waals surface area contributed by atoms with Crippen molar-refractivity contribution in [3.05, 3.63) is 77.9 Å². The Morgan fingerprint density at radius 3 is 2.45 bits per heavy atom. The van der Waals surface area contributed by atoms with E-state index in [2.05, 4.69) is 10.3 Å². The summed E-state index contributed by atoms with van der Waals surface area (Å²) >= 11 is 1.59. The largest absolute Gasteiger partial charge is 0.497 e. The van der Waals surface area contributed by atoms with Crippen LogP contribution >= 0.6 is 11.3 Å². The van der Waals surface area contributed by atoms with Crippen LogP contribution < -0.4 is 14.8 Å². The molecule has 2 aromatic carbocycles. The molecular weight excluding hydrogens is 410 g/mol. The maximum Gasteiger partial charge on any atom is 0.228 e. The SMILES string of the molecule is COc1ccc(OC)c(NC(=O)Cc2ccc(-c3csc(-c4ccncc4)n3)cc2)c1. The molecule has 0 aliphatic carbocycles. The molecule has 0 bridgehead atoms. The molecule has 2 aromatic heterocycles. The van der Waals surface area contributed by atoms with Gasteiger partial charge in [0.15, 0.2) is 0 Å². The molecule has 0 saturated carbocycles. The molecule has 0 spiro atoms. The summed E-state index contributed by atoms with van der Waals surface area (Å²) in [6.07, 6.45) is 3.77. The van der Waals surface area contributed by atoms with Crippen molar-refractivity contribution in [2.75, 3.05) is 19.5 Å². The summed E-state index contributed by atoms with van der Waals surface area (Å²) in [6, 6.07) is 17.0. The predicted octanol–water partition coefficient (Wildman–Crippen LogP) is 5.07. The summed E-state index contributed by atoms with van der Waals surface area (Å²) in [5, 5.41) is 5.88. The van der Waals surface area contributed by atoms with Crippen molar-refractivity contribution >= 4 is 22.9 Å². The van der Waals surface area contributed by atoms with Crippen LogP contribution in [-0.2, 0) is 11.2 Å². The van der Waals surface area contributed by atoms with Gasteiger partial charge in [0, 0.05) is 35.0 Å². The van der Waals surface area contributed by atoms with Crippen molar-refractivity contribution < 1.29 is 14.3 Å². The first-order valence-corrected chi connectivity index (χ1v) is 10.5. The number of hydrogen-bond donors (Lipinski definition) is 1. The zero-order chi connectivity index (χ0) is 21.6. The number of hydrogen-bond acceptors (Lipinski definition) is 6. The summed E-state index contributed by atoms with van der Waals surface area (Å²) in [4.78, 5) is 21.3. The Balaban J connectivity index is 1.43. The third-order valence-corrected chi connectivity index (χ3v) is 5.62. The second kappa shape index (κ2) is 9.40. The van der Waals surface area contributed by atoms with Gasteiger partial charge in [0.25, 0.3) is 0 Å². The molecule has 0 unspecified atom stereocenters. The van der Waals surface area contributed by atoms with Gasteiger partial charge in [-0.1, -0.05) is 24.3 Å². The average Bonchev–Trinajstić information content (AvgIpc) is 3.30. The van der Waals surface area contributed by atoms with Gasteiger partial charge in [0.2, 0.25) is 5.91 Å². The van der Waals surface area contributed by atoms with E-state index in [-0.39, 0.29) is 12.3 Å². The molecule has 156 valence electrons. The van der Waals surface area contributed by atoms with E-state index in [1.165, 1.54) is 0 Å². The van der Waals surface area contributed by atoms with Crippen LogP contribution in [-0.4, -0.2) is 30.1 Å². The lowest BCUT2D eigenvalue weighted by Gasteiger charge is -2.12. The first-order valence-electron chi connectivity index (χ1n) is 9.63. The number of anilines is 1. The molecule has 6 nitrogen and oxygen atoms in total. The summed E-state index contributed by atoms with van der Waals surface area (Å²) in [5.74, 6) is 1.10. The lowest BCUT2D eigenvalue weighted by molar-refractivity contribution is -0.115. The standard InChI is InChI=1S/C24H21N3O3S/c1-29-19-7-8-22(30-2)20(14-19)26-23(28)13-16-3-5-17(6-4-16)21-15-31-24(27-21)18-9-11-25-12-10-18/h3-12,14-15H,13H2,1-2H3,(H,26,28). The van der Waals surface area contributed by atoms with Crippen molar-refractivity contribution in [1.82, 2.24) is 9.97 Å². The summed E-state index contributed by atoms with van der Waals surface area (Å²) in [6.45, 7) is 0. The maximum absolute atomic E-state index is 12.5. The van der Waals surface area contributed by atoms with E-state index in [9.17, 15) is 4.79 Å². The smallest absolute Gasteiger partial charge is 0.228 e. The highest BCUT2D eigenvalue weighted by atomic mass is 32.1. The molecule has 1 amide bonds. The van der Waals surface area contributed by atoms with Gasteiger partial charge in [-0.25, -0.2) is 4.98 Å². The molecule has 7 heteroatoms. The first-order chi connectivity index (χ1) is 15.2. The van der Waals surface area contributed by atoms with Gasteiger partial charge in [-0.05, 0) is 29.8 Å². The van der Waals surface area contributed by atoms with E-state index in [4.69, 9.17) is 14.5 Å². The summed E-state index contributed by atoms with van der Waals surface area (Å²) in [7, 11) is 3.14. The lowest BCUT2D eigenvalue weighted by atomic mass is 10.1. The Hall–Kier alpha value is -3.71. The molecule has 0 fully saturated rings. The Morgan fingerprint density at radius 2 is 1.74 bits per heavy atom. The Labute approximate surface area is 184 Å². The van der Waals surface area contributed by atoms with Gasteiger partial charge in [0.05, 0.1) is 32.0 Å². The minimum atomic E-state index is -0.132. The van der Waals surface area contributed by atoms with Crippen molar-refractivity contribution in [3.63, 3.8) is 0 Å². The van der Waals surface area contributed by atoms with Crippen LogP contribution in [0, 0.1) is 0 Å². The number of nitrogens with zero attached hydrogens (tertiary/aromatic N) is 2. The van der Waals surface area contributed by atoms with E-state index < -0.39 is 0 Å². The third-order valence-electron chi connectivity index (χ3n) is 4.73. The molecule has 31 heavy (non-hydrogen) atoms. The topological polar surface area (TPSA) is 73.3 Å². The molecule has 4 rings (SSSR count). The number of thiazole rings is 1. The first kappa shape index (κ1) is 20.6. The van der Waals surface area contributed by atoms with Gasteiger partial charge < -0.3 is 14.8 Å². The van der Waals surface area contributed by atoms with E-state index in [0.717, 1.165) is 27.4 Å². The molecule has 0 radical (unpaired) electrons. The van der Waals surface area contributed by atoms with Crippen molar-refractivity contribution in [2.24, 2.45) is 0 Å². The number of carbonyl (C=O) groups excluding carboxylic acids is 1. The second-order valence-electron chi connectivity index (χ2n) is 6.76. The van der Waals surface area contributed by atoms with Crippen LogP contribution in [0.3, 0.4) is 0 Å². The van der Waals surface area contributed by atoms with Crippen LogP contribution in [0.25, 0.3) is 21.8 Å². The van der Waals surface area contributed by atoms with Gasteiger partial charge in [-0.3, -0.25) is 9.78 Å². The van der Waals surface area contributed by atoms with Crippen LogP contribution in [0.15, 0.2) is 72.4 Å². The molecule has 0 saturated heterocycles. The normalized spacial score (nSPS) is 10.5. The van der Waals surface area contributed by atoms with Crippen LogP contribution in [0.2, 0.25) is 0 Å². The molecule has 0 aliphatic heterocycles. The molecule has 0 aliphatic rings. The lowest BCUT2D eigenvalue weighted by Crippen LogP contribution is -2.15. The zero-order valence-corrected chi connectivity index (χ0v) is 18.0. The van der Waals surface area contributed by atoms with Gasteiger partial charge in [-0.2, -0.15) is 0 Å². The van der Waals surface area contributed by atoms with E-state index in [1.807, 2.05) is 41.8 Å². The second-order valence-corrected chi connectivity index (χ2v) is 7.62. The number of methoxy groups -OCH3 is 2. The molecule has 2 heterocycles. The monoisotopic (exact) mass is 431 g/mol. The fraction of sp³-hybridized carbons (Fsp3) is 0.125. The number of aromatic nitrogens is 2. The van der Waals surface area contributed by atoms with E-state index >= 15 is 0 Å². The highest BCUT2D eigenvalue weighted by molar-refractivity contribution is 7.13. The molecular formula is C24H21N3O3S. The number of nitrogens with one attached hydrogen (secondary N) is 1. The summed E-state index contributed by atoms with van der Waals surface area (Å²) in [5.41, 5.74) is 4.46.